The largest absolute Gasteiger partial charge is 0.356 e. The molecule has 19 heavy (non-hydrogen) atoms. The first-order chi connectivity index (χ1) is 9.24. The van der Waals surface area contributed by atoms with Gasteiger partial charge < -0.3 is 15.2 Å². The van der Waals surface area contributed by atoms with Crippen molar-refractivity contribution < 1.29 is 0 Å². The molecule has 0 aliphatic carbocycles. The molecule has 1 aliphatic heterocycles. The molecule has 2 rings (SSSR count). The molecule has 0 aromatic carbocycles. The summed E-state index contributed by atoms with van der Waals surface area (Å²) in [6, 6.07) is 0. The normalized spacial score (nSPS) is 18.6. The van der Waals surface area contributed by atoms with Crippen LogP contribution >= 0.6 is 0 Å². The molecule has 2 N–H and O–H groups in total. The Morgan fingerprint density at radius 1 is 1.53 bits per heavy atom. The van der Waals surface area contributed by atoms with Gasteiger partial charge in [0.05, 0.1) is 6.54 Å². The van der Waals surface area contributed by atoms with E-state index in [0.717, 1.165) is 43.5 Å². The van der Waals surface area contributed by atoms with Crippen LogP contribution in [0.3, 0.4) is 0 Å². The predicted octanol–water partition coefficient (Wildman–Crippen LogP) is -0.0529. The summed E-state index contributed by atoms with van der Waals surface area (Å²) in [5.41, 5.74) is 0. The molecule has 0 radical (unpaired) electrons. The lowest BCUT2D eigenvalue weighted by molar-refractivity contribution is 0.358. The monoisotopic (exact) mass is 260 g/mol. The molecule has 1 aliphatic rings. The highest BCUT2D eigenvalue weighted by atomic mass is 15.3. The van der Waals surface area contributed by atoms with Crippen LogP contribution in [0, 0.1) is 25.2 Å². The maximum atomic E-state index is 5.22. The minimum absolute atomic E-state index is 0.485. The quantitative estimate of drug-likeness (QED) is 0.454. The van der Waals surface area contributed by atoms with Gasteiger partial charge in [-0.1, -0.05) is 5.92 Å². The Morgan fingerprint density at radius 2 is 2.37 bits per heavy atom. The molecule has 0 saturated heterocycles. The molecule has 0 amide bonds. The summed E-state index contributed by atoms with van der Waals surface area (Å²) in [6.07, 6.45) is 7.33. The molecule has 1 aromatic heterocycles. The molecule has 1 unspecified atom stereocenters. The second-order valence-electron chi connectivity index (χ2n) is 4.69. The van der Waals surface area contributed by atoms with Crippen molar-refractivity contribution in [2.45, 2.75) is 26.3 Å². The van der Waals surface area contributed by atoms with E-state index >= 15 is 0 Å². The Morgan fingerprint density at radius 3 is 3.11 bits per heavy atom. The van der Waals surface area contributed by atoms with Crippen LogP contribution < -0.4 is 10.6 Å². The van der Waals surface area contributed by atoms with Crippen LogP contribution in [0.2, 0.25) is 0 Å². The molecule has 6 heteroatoms. The number of aryl methyl sites for hydroxylation is 2. The Hall–Kier alpha value is -2.03. The van der Waals surface area contributed by atoms with Gasteiger partial charge in [0.2, 0.25) is 0 Å². The van der Waals surface area contributed by atoms with Crippen LogP contribution in [-0.2, 0) is 13.0 Å². The summed E-state index contributed by atoms with van der Waals surface area (Å²) in [4.78, 5) is 4.13. The molecule has 1 atom stereocenters. The fourth-order valence-electron chi connectivity index (χ4n) is 2.29. The number of guanidine groups is 1. The molecule has 0 fully saturated rings. The SMILES string of the molecule is C#CCNC(=NC)NCC1CCc2nnc(C)n2C1. The molecule has 0 bridgehead atoms. The number of nitrogens with zero attached hydrogens (tertiary/aromatic N) is 4. The van der Waals surface area contributed by atoms with E-state index in [0.29, 0.717) is 12.5 Å². The van der Waals surface area contributed by atoms with Crippen molar-refractivity contribution in [3.8, 4) is 12.3 Å². The van der Waals surface area contributed by atoms with Gasteiger partial charge in [-0.15, -0.1) is 16.6 Å². The zero-order chi connectivity index (χ0) is 13.7. The van der Waals surface area contributed by atoms with Gasteiger partial charge >= 0.3 is 0 Å². The van der Waals surface area contributed by atoms with Crippen molar-refractivity contribution in [3.63, 3.8) is 0 Å². The Balaban J connectivity index is 1.85. The number of fused-ring (bicyclic) bond motifs is 1. The Bertz CT molecular complexity index is 496. The van der Waals surface area contributed by atoms with E-state index in [2.05, 4.69) is 36.3 Å². The van der Waals surface area contributed by atoms with Crippen LogP contribution in [0.25, 0.3) is 0 Å². The number of terminal acetylenes is 1. The van der Waals surface area contributed by atoms with Gasteiger partial charge in [-0.2, -0.15) is 0 Å². The first kappa shape index (κ1) is 13.4. The fraction of sp³-hybridized carbons (Fsp3) is 0.615. The van der Waals surface area contributed by atoms with E-state index in [4.69, 9.17) is 6.42 Å². The third-order valence-corrected chi connectivity index (χ3v) is 3.37. The highest BCUT2D eigenvalue weighted by Gasteiger charge is 2.21. The van der Waals surface area contributed by atoms with Crippen LogP contribution in [0.4, 0.5) is 0 Å². The molecule has 102 valence electrons. The Kier molecular flexibility index (Phi) is 4.39. The van der Waals surface area contributed by atoms with Gasteiger partial charge in [0.1, 0.15) is 11.6 Å². The Labute approximate surface area is 113 Å². The maximum absolute atomic E-state index is 5.22. The molecular weight excluding hydrogens is 240 g/mol. The van der Waals surface area contributed by atoms with Crippen molar-refractivity contribution in [2.24, 2.45) is 10.9 Å². The lowest BCUT2D eigenvalue weighted by atomic mass is 9.99. The van der Waals surface area contributed by atoms with E-state index in [1.807, 2.05) is 6.92 Å². The fourth-order valence-corrected chi connectivity index (χ4v) is 2.29. The first-order valence-corrected chi connectivity index (χ1v) is 6.51. The number of aromatic nitrogens is 3. The predicted molar refractivity (Wildman–Crippen MR) is 74.8 cm³/mol. The molecular formula is C13H20N6. The van der Waals surface area contributed by atoms with Gasteiger partial charge in [-0.3, -0.25) is 4.99 Å². The standard InChI is InChI=1S/C13H20N6/c1-4-7-15-13(14-3)16-8-11-5-6-12-18-17-10(2)19(12)9-11/h1,11H,5-9H2,2-3H3,(H2,14,15,16). The third-order valence-electron chi connectivity index (χ3n) is 3.37. The van der Waals surface area contributed by atoms with Gasteiger partial charge in [0, 0.05) is 26.6 Å². The number of rotatable bonds is 3. The topological polar surface area (TPSA) is 67.1 Å². The second kappa shape index (κ2) is 6.23. The number of hydrogen-bond acceptors (Lipinski definition) is 3. The van der Waals surface area contributed by atoms with Crippen molar-refractivity contribution in [3.05, 3.63) is 11.6 Å². The molecule has 1 aromatic rings. The van der Waals surface area contributed by atoms with Crippen molar-refractivity contribution in [1.29, 1.82) is 0 Å². The van der Waals surface area contributed by atoms with E-state index in [1.165, 1.54) is 0 Å². The average molecular weight is 260 g/mol. The number of aliphatic imine (C=N–C) groups is 1. The van der Waals surface area contributed by atoms with E-state index in [9.17, 15) is 0 Å². The first-order valence-electron chi connectivity index (χ1n) is 6.51. The third kappa shape index (κ3) is 3.25. The van der Waals surface area contributed by atoms with Crippen molar-refractivity contribution >= 4 is 5.96 Å². The smallest absolute Gasteiger partial charge is 0.191 e. The number of hydrogen-bond donors (Lipinski definition) is 2. The summed E-state index contributed by atoms with van der Waals surface area (Å²) in [5.74, 6) is 5.95. The minimum Gasteiger partial charge on any atom is -0.356 e. The zero-order valence-corrected chi connectivity index (χ0v) is 11.5. The average Bonchev–Trinajstić information content (AvgIpc) is 2.80. The molecule has 6 nitrogen and oxygen atoms in total. The summed E-state index contributed by atoms with van der Waals surface area (Å²) in [7, 11) is 1.74. The summed E-state index contributed by atoms with van der Waals surface area (Å²) in [5, 5.41) is 14.7. The van der Waals surface area contributed by atoms with Crippen LogP contribution in [0.1, 0.15) is 18.1 Å². The lowest BCUT2D eigenvalue weighted by Crippen LogP contribution is -2.41. The summed E-state index contributed by atoms with van der Waals surface area (Å²) in [6.45, 7) is 4.33. The summed E-state index contributed by atoms with van der Waals surface area (Å²) < 4.78 is 2.20. The highest BCUT2D eigenvalue weighted by molar-refractivity contribution is 5.79. The summed E-state index contributed by atoms with van der Waals surface area (Å²) >= 11 is 0. The van der Waals surface area contributed by atoms with Crippen LogP contribution in [0.15, 0.2) is 4.99 Å². The maximum Gasteiger partial charge on any atom is 0.191 e. The second-order valence-corrected chi connectivity index (χ2v) is 4.69. The van der Waals surface area contributed by atoms with E-state index in [-0.39, 0.29) is 0 Å². The van der Waals surface area contributed by atoms with Crippen LogP contribution in [0.5, 0.6) is 0 Å². The highest BCUT2D eigenvalue weighted by Crippen LogP contribution is 2.18. The lowest BCUT2D eigenvalue weighted by Gasteiger charge is -2.24. The molecule has 2 heterocycles. The van der Waals surface area contributed by atoms with Gasteiger partial charge in [-0.05, 0) is 19.3 Å². The van der Waals surface area contributed by atoms with Crippen molar-refractivity contribution in [1.82, 2.24) is 25.4 Å². The molecule has 0 spiro atoms. The number of nitrogens with one attached hydrogen (secondary N) is 2. The molecule has 0 saturated carbocycles. The van der Waals surface area contributed by atoms with E-state index < -0.39 is 0 Å². The zero-order valence-electron chi connectivity index (χ0n) is 11.5. The van der Waals surface area contributed by atoms with Gasteiger partial charge in [0.15, 0.2) is 5.96 Å². The van der Waals surface area contributed by atoms with Gasteiger partial charge in [-0.25, -0.2) is 0 Å². The van der Waals surface area contributed by atoms with Crippen molar-refractivity contribution in [2.75, 3.05) is 20.1 Å². The minimum atomic E-state index is 0.485. The van der Waals surface area contributed by atoms with E-state index in [1.54, 1.807) is 7.05 Å². The van der Waals surface area contributed by atoms with Gasteiger partial charge in [0.25, 0.3) is 0 Å². The van der Waals surface area contributed by atoms with Crippen LogP contribution in [-0.4, -0.2) is 40.9 Å².